The molecular formula is C24H28N4O2. The van der Waals surface area contributed by atoms with Crippen molar-refractivity contribution < 1.29 is 4.79 Å². The van der Waals surface area contributed by atoms with Crippen LogP contribution in [0, 0.1) is 19.8 Å². The number of carbonyl (C=O) groups excluding carboxylic acids is 1. The molecule has 0 radical (unpaired) electrons. The molecule has 0 saturated carbocycles. The molecule has 30 heavy (non-hydrogen) atoms. The second kappa shape index (κ2) is 8.30. The Morgan fingerprint density at radius 3 is 2.53 bits per heavy atom. The second-order valence-electron chi connectivity index (χ2n) is 8.45. The minimum absolute atomic E-state index is 0.118. The Kier molecular flexibility index (Phi) is 5.57. The summed E-state index contributed by atoms with van der Waals surface area (Å²) in [6.07, 6.45) is 2.30. The van der Waals surface area contributed by atoms with E-state index in [4.69, 9.17) is 0 Å². The average molecular weight is 405 g/mol. The maximum Gasteiger partial charge on any atom is 0.275 e. The zero-order valence-corrected chi connectivity index (χ0v) is 17.8. The number of benzene rings is 2. The van der Waals surface area contributed by atoms with Crippen molar-refractivity contribution in [3.63, 3.8) is 0 Å². The van der Waals surface area contributed by atoms with Crippen molar-refractivity contribution in [3.05, 3.63) is 63.9 Å². The van der Waals surface area contributed by atoms with Crippen LogP contribution in [0.5, 0.6) is 0 Å². The lowest BCUT2D eigenvalue weighted by Crippen LogP contribution is -2.38. The molecule has 4 rings (SSSR count). The van der Waals surface area contributed by atoms with Crippen LogP contribution in [0.2, 0.25) is 0 Å². The van der Waals surface area contributed by atoms with Gasteiger partial charge in [0.2, 0.25) is 5.91 Å². The Hall–Kier alpha value is -3.15. The molecule has 0 aliphatic carbocycles. The van der Waals surface area contributed by atoms with E-state index in [0.717, 1.165) is 47.5 Å². The highest BCUT2D eigenvalue weighted by atomic mass is 16.2. The van der Waals surface area contributed by atoms with Crippen molar-refractivity contribution in [2.75, 3.05) is 23.3 Å². The van der Waals surface area contributed by atoms with Crippen LogP contribution in [-0.2, 0) is 11.3 Å². The summed E-state index contributed by atoms with van der Waals surface area (Å²) < 4.78 is 1.30. The van der Waals surface area contributed by atoms with Gasteiger partial charge in [-0.15, -0.1) is 0 Å². The van der Waals surface area contributed by atoms with Crippen LogP contribution in [0.25, 0.3) is 10.8 Å². The number of hydrogen-bond donors (Lipinski definition) is 1. The Balaban J connectivity index is 1.67. The summed E-state index contributed by atoms with van der Waals surface area (Å²) in [5.74, 6) is 1.10. The number of nitrogens with zero attached hydrogens (tertiary/aromatic N) is 3. The topological polar surface area (TPSA) is 67.2 Å². The Bertz CT molecular complexity index is 1130. The minimum Gasteiger partial charge on any atom is -0.354 e. The first kappa shape index (κ1) is 20.1. The zero-order chi connectivity index (χ0) is 21.3. The predicted molar refractivity (Wildman–Crippen MR) is 121 cm³/mol. The molecule has 3 aromatic rings. The van der Waals surface area contributed by atoms with Crippen LogP contribution in [0.4, 0.5) is 11.5 Å². The maximum absolute atomic E-state index is 13.0. The van der Waals surface area contributed by atoms with Crippen molar-refractivity contribution in [2.45, 2.75) is 40.2 Å². The van der Waals surface area contributed by atoms with Crippen molar-refractivity contribution >= 4 is 28.2 Å². The molecule has 1 amide bonds. The van der Waals surface area contributed by atoms with E-state index in [1.54, 1.807) is 0 Å². The van der Waals surface area contributed by atoms with Crippen molar-refractivity contribution in [3.8, 4) is 0 Å². The van der Waals surface area contributed by atoms with Gasteiger partial charge in [0.1, 0.15) is 6.54 Å². The molecule has 1 aliphatic rings. The number of aromatic nitrogens is 2. The number of nitrogens with one attached hydrogen (secondary N) is 1. The fraction of sp³-hybridized carbons (Fsp3) is 0.375. The third-order valence-corrected chi connectivity index (χ3v) is 5.60. The number of aryl methyl sites for hydroxylation is 2. The van der Waals surface area contributed by atoms with Gasteiger partial charge in [0.15, 0.2) is 5.82 Å². The van der Waals surface area contributed by atoms with Crippen LogP contribution in [0.3, 0.4) is 0 Å². The fourth-order valence-corrected chi connectivity index (χ4v) is 4.32. The van der Waals surface area contributed by atoms with Crippen molar-refractivity contribution in [2.24, 2.45) is 5.92 Å². The maximum atomic E-state index is 13.0. The van der Waals surface area contributed by atoms with E-state index in [1.165, 1.54) is 11.1 Å². The SMILES string of the molecule is Cc1cc(C)cc(NC(=O)Cn2nc(N3CCC[C@@H](C)C3)c3ccccc3c2=O)c1. The standard InChI is InChI=1S/C24H28N4O2/c1-16-7-6-10-27(14-16)23-20-8-4-5-9-21(20)24(30)28(26-23)15-22(29)25-19-12-17(2)11-18(3)13-19/h4-5,8-9,11-13,16H,6-7,10,14-15H2,1-3H3,(H,25,29)/t16-/m1/s1. The van der Waals surface area contributed by atoms with Gasteiger partial charge in [0.25, 0.3) is 5.56 Å². The summed E-state index contributed by atoms with van der Waals surface area (Å²) in [6, 6.07) is 13.4. The highest BCUT2D eigenvalue weighted by Crippen LogP contribution is 2.26. The summed E-state index contributed by atoms with van der Waals surface area (Å²) in [5, 5.41) is 8.99. The smallest absolute Gasteiger partial charge is 0.275 e. The highest BCUT2D eigenvalue weighted by molar-refractivity contribution is 5.93. The van der Waals surface area contributed by atoms with Gasteiger partial charge in [0.05, 0.1) is 5.39 Å². The molecule has 6 heteroatoms. The van der Waals surface area contributed by atoms with Gasteiger partial charge >= 0.3 is 0 Å². The molecule has 2 heterocycles. The number of rotatable bonds is 4. The summed E-state index contributed by atoms with van der Waals surface area (Å²) >= 11 is 0. The Morgan fingerprint density at radius 1 is 1.13 bits per heavy atom. The normalized spacial score (nSPS) is 16.6. The lowest BCUT2D eigenvalue weighted by atomic mass is 10.00. The third kappa shape index (κ3) is 4.22. The number of hydrogen-bond acceptors (Lipinski definition) is 4. The quantitative estimate of drug-likeness (QED) is 0.716. The molecule has 2 aromatic carbocycles. The summed E-state index contributed by atoms with van der Waals surface area (Å²) in [5.41, 5.74) is 2.65. The predicted octanol–water partition coefficient (Wildman–Crippen LogP) is 3.89. The van der Waals surface area contributed by atoms with E-state index in [1.807, 2.05) is 50.2 Å². The first-order chi connectivity index (χ1) is 14.4. The highest BCUT2D eigenvalue weighted by Gasteiger charge is 2.22. The zero-order valence-electron chi connectivity index (χ0n) is 17.8. The number of fused-ring (bicyclic) bond motifs is 1. The molecule has 0 bridgehead atoms. The number of piperidine rings is 1. The average Bonchev–Trinajstić information content (AvgIpc) is 2.69. The molecule has 1 N–H and O–H groups in total. The first-order valence-electron chi connectivity index (χ1n) is 10.5. The van der Waals surface area contributed by atoms with E-state index in [2.05, 4.69) is 28.3 Å². The van der Waals surface area contributed by atoms with Crippen LogP contribution >= 0.6 is 0 Å². The fourth-order valence-electron chi connectivity index (χ4n) is 4.32. The molecule has 156 valence electrons. The number of amides is 1. The van der Waals surface area contributed by atoms with Crippen LogP contribution in [0.15, 0.2) is 47.3 Å². The van der Waals surface area contributed by atoms with Gasteiger partial charge in [-0.25, -0.2) is 4.68 Å². The number of anilines is 2. The molecule has 1 saturated heterocycles. The van der Waals surface area contributed by atoms with Crippen molar-refractivity contribution in [1.29, 1.82) is 0 Å². The van der Waals surface area contributed by atoms with E-state index in [0.29, 0.717) is 11.3 Å². The Labute approximate surface area is 176 Å². The first-order valence-corrected chi connectivity index (χ1v) is 10.5. The molecule has 1 atom stereocenters. The van der Waals surface area contributed by atoms with E-state index in [-0.39, 0.29) is 18.0 Å². The summed E-state index contributed by atoms with van der Waals surface area (Å²) in [7, 11) is 0. The van der Waals surface area contributed by atoms with E-state index in [9.17, 15) is 9.59 Å². The van der Waals surface area contributed by atoms with E-state index >= 15 is 0 Å². The van der Waals surface area contributed by atoms with Crippen LogP contribution in [0.1, 0.15) is 30.9 Å². The summed E-state index contributed by atoms with van der Waals surface area (Å²) in [6.45, 7) is 7.92. The molecule has 6 nitrogen and oxygen atoms in total. The molecule has 1 aliphatic heterocycles. The lowest BCUT2D eigenvalue weighted by Gasteiger charge is -2.32. The molecule has 1 fully saturated rings. The van der Waals surface area contributed by atoms with Gasteiger partial charge in [-0.1, -0.05) is 31.2 Å². The minimum atomic E-state index is -0.261. The lowest BCUT2D eigenvalue weighted by molar-refractivity contribution is -0.117. The molecule has 0 unspecified atom stereocenters. The second-order valence-corrected chi connectivity index (χ2v) is 8.45. The molecule has 0 spiro atoms. The van der Waals surface area contributed by atoms with Gasteiger partial charge in [-0.2, -0.15) is 5.10 Å². The van der Waals surface area contributed by atoms with Gasteiger partial charge in [-0.05, 0) is 61.9 Å². The van der Waals surface area contributed by atoms with Gasteiger partial charge in [-0.3, -0.25) is 9.59 Å². The molecular weight excluding hydrogens is 376 g/mol. The summed E-state index contributed by atoms with van der Waals surface area (Å²) in [4.78, 5) is 28.0. The molecule has 1 aromatic heterocycles. The van der Waals surface area contributed by atoms with Crippen LogP contribution in [-0.4, -0.2) is 28.8 Å². The largest absolute Gasteiger partial charge is 0.354 e. The monoisotopic (exact) mass is 404 g/mol. The Morgan fingerprint density at radius 2 is 1.83 bits per heavy atom. The van der Waals surface area contributed by atoms with Gasteiger partial charge < -0.3 is 10.2 Å². The third-order valence-electron chi connectivity index (χ3n) is 5.60. The van der Waals surface area contributed by atoms with Crippen LogP contribution < -0.4 is 15.8 Å². The van der Waals surface area contributed by atoms with E-state index < -0.39 is 0 Å². The van der Waals surface area contributed by atoms with Crippen molar-refractivity contribution in [1.82, 2.24) is 9.78 Å². The number of carbonyl (C=O) groups is 1. The van der Waals surface area contributed by atoms with Gasteiger partial charge in [0, 0.05) is 24.2 Å².